The lowest BCUT2D eigenvalue weighted by Crippen LogP contribution is -2.49. The Hall–Kier alpha value is -3.72. The summed E-state index contributed by atoms with van der Waals surface area (Å²) in [5, 5.41) is 18.3. The number of rotatable bonds is 9. The highest BCUT2D eigenvalue weighted by molar-refractivity contribution is 6.02. The van der Waals surface area contributed by atoms with E-state index in [4.69, 9.17) is 9.57 Å². The molecule has 0 aromatic heterocycles. The number of nitrogens with one attached hydrogen (secondary N) is 2. The van der Waals surface area contributed by atoms with E-state index in [1.54, 1.807) is 12.1 Å². The summed E-state index contributed by atoms with van der Waals surface area (Å²) in [6.07, 6.45) is -0.0669. The normalized spacial score (nSPS) is 17.2. The predicted octanol–water partition coefficient (Wildman–Crippen LogP) is 2.98. The molecule has 192 valence electrons. The van der Waals surface area contributed by atoms with Gasteiger partial charge in [-0.05, 0) is 47.7 Å². The largest absolute Gasteiger partial charge is 0.493 e. The third-order valence-corrected chi connectivity index (χ3v) is 6.80. The molecule has 5 rings (SSSR count). The van der Waals surface area contributed by atoms with Crippen molar-refractivity contribution >= 4 is 11.8 Å². The molecule has 0 saturated heterocycles. The highest BCUT2D eigenvalue weighted by Gasteiger charge is 2.32. The second-order valence-corrected chi connectivity index (χ2v) is 9.28. The summed E-state index contributed by atoms with van der Waals surface area (Å²) >= 11 is 0. The molecule has 3 aromatic rings. The second kappa shape index (κ2) is 11.1. The van der Waals surface area contributed by atoms with Gasteiger partial charge in [-0.3, -0.25) is 14.4 Å². The number of hydrogen-bond acceptors (Lipinski definition) is 6. The molecule has 2 atom stereocenters. The van der Waals surface area contributed by atoms with Gasteiger partial charge in [0.2, 0.25) is 0 Å². The van der Waals surface area contributed by atoms with Crippen LogP contribution in [0.1, 0.15) is 49.9 Å². The molecule has 0 bridgehead atoms. The second-order valence-electron chi connectivity index (χ2n) is 9.28. The number of carbonyl (C=O) groups excluding carboxylic acids is 2. The lowest BCUT2D eigenvalue weighted by Gasteiger charge is -2.30. The van der Waals surface area contributed by atoms with Crippen molar-refractivity contribution in [2.75, 3.05) is 13.2 Å². The quantitative estimate of drug-likeness (QED) is 0.417. The van der Waals surface area contributed by atoms with Crippen LogP contribution in [0, 0.1) is 0 Å². The number of aliphatic hydroxyl groups excluding tert-OH is 1. The first-order valence-corrected chi connectivity index (χ1v) is 12.6. The average Bonchev–Trinajstić information content (AvgIpc) is 3.24. The van der Waals surface area contributed by atoms with E-state index in [1.807, 2.05) is 49.4 Å². The van der Waals surface area contributed by atoms with E-state index in [0.29, 0.717) is 42.0 Å². The molecule has 0 saturated carbocycles. The maximum absolute atomic E-state index is 13.1. The summed E-state index contributed by atoms with van der Waals surface area (Å²) in [5.74, 6) is -0.299. The predicted molar refractivity (Wildman–Crippen MR) is 138 cm³/mol. The summed E-state index contributed by atoms with van der Waals surface area (Å²) < 4.78 is 5.71. The lowest BCUT2D eigenvalue weighted by molar-refractivity contribution is -0.134. The SMILES string of the molecule is CCOc1cc2c(cc1C(=O)NCC(O)[C@@H]1Cc3ccccc3CN1)CN(OCc1ccccc1)C2=O. The monoisotopic (exact) mass is 501 g/mol. The molecule has 8 heteroatoms. The minimum absolute atomic E-state index is 0.0898. The minimum Gasteiger partial charge on any atom is -0.493 e. The molecule has 3 N–H and O–H groups in total. The van der Waals surface area contributed by atoms with Crippen molar-refractivity contribution in [3.63, 3.8) is 0 Å². The number of hydrogen-bond donors (Lipinski definition) is 3. The molecular formula is C29H31N3O5. The number of hydroxylamine groups is 2. The van der Waals surface area contributed by atoms with Crippen molar-refractivity contribution in [1.82, 2.24) is 15.7 Å². The Morgan fingerprint density at radius 3 is 2.65 bits per heavy atom. The maximum Gasteiger partial charge on any atom is 0.278 e. The van der Waals surface area contributed by atoms with Crippen LogP contribution in [0.15, 0.2) is 66.7 Å². The Morgan fingerprint density at radius 2 is 1.86 bits per heavy atom. The lowest BCUT2D eigenvalue weighted by atomic mass is 9.93. The molecule has 2 aliphatic rings. The summed E-state index contributed by atoms with van der Waals surface area (Å²) in [6.45, 7) is 3.44. The van der Waals surface area contributed by atoms with Gasteiger partial charge in [-0.15, -0.1) is 0 Å². The van der Waals surface area contributed by atoms with Crippen molar-refractivity contribution < 1.29 is 24.3 Å². The molecule has 2 aliphatic heterocycles. The fourth-order valence-corrected chi connectivity index (χ4v) is 4.78. The summed E-state index contributed by atoms with van der Waals surface area (Å²) in [4.78, 5) is 31.8. The Kier molecular flexibility index (Phi) is 7.50. The molecule has 2 heterocycles. The number of nitrogens with zero attached hydrogens (tertiary/aromatic N) is 1. The van der Waals surface area contributed by atoms with Gasteiger partial charge in [0.05, 0.1) is 30.4 Å². The fourth-order valence-electron chi connectivity index (χ4n) is 4.78. The van der Waals surface area contributed by atoms with Crippen LogP contribution in [0.2, 0.25) is 0 Å². The third-order valence-electron chi connectivity index (χ3n) is 6.80. The smallest absolute Gasteiger partial charge is 0.278 e. The highest BCUT2D eigenvalue weighted by Crippen LogP contribution is 2.31. The maximum atomic E-state index is 13.1. The molecule has 37 heavy (non-hydrogen) atoms. The average molecular weight is 502 g/mol. The summed E-state index contributed by atoms with van der Waals surface area (Å²) in [7, 11) is 0. The van der Waals surface area contributed by atoms with Gasteiger partial charge in [0.25, 0.3) is 11.8 Å². The molecule has 3 aromatic carbocycles. The van der Waals surface area contributed by atoms with Gasteiger partial charge in [-0.2, -0.15) is 0 Å². The first-order chi connectivity index (χ1) is 18.0. The highest BCUT2D eigenvalue weighted by atomic mass is 16.7. The van der Waals surface area contributed by atoms with Crippen LogP contribution in [0.5, 0.6) is 5.75 Å². The van der Waals surface area contributed by atoms with Gasteiger partial charge < -0.3 is 20.5 Å². The van der Waals surface area contributed by atoms with Gasteiger partial charge in [0.15, 0.2) is 0 Å². The molecule has 0 spiro atoms. The van der Waals surface area contributed by atoms with Crippen molar-refractivity contribution in [1.29, 1.82) is 0 Å². The van der Waals surface area contributed by atoms with Crippen LogP contribution in [0.3, 0.4) is 0 Å². The zero-order valence-corrected chi connectivity index (χ0v) is 20.8. The summed E-state index contributed by atoms with van der Waals surface area (Å²) in [6, 6.07) is 20.9. The molecule has 0 fully saturated rings. The zero-order chi connectivity index (χ0) is 25.8. The number of benzene rings is 3. The van der Waals surface area contributed by atoms with Gasteiger partial charge in [-0.25, -0.2) is 5.06 Å². The Balaban J connectivity index is 1.24. The number of ether oxygens (including phenoxy) is 1. The van der Waals surface area contributed by atoms with Crippen LogP contribution < -0.4 is 15.4 Å². The van der Waals surface area contributed by atoms with Gasteiger partial charge in [0.1, 0.15) is 12.4 Å². The van der Waals surface area contributed by atoms with E-state index in [-0.39, 0.29) is 37.6 Å². The number of aliphatic hydroxyl groups is 1. The molecule has 8 nitrogen and oxygen atoms in total. The Bertz CT molecular complexity index is 1280. The van der Waals surface area contributed by atoms with Crippen LogP contribution in [0.4, 0.5) is 0 Å². The van der Waals surface area contributed by atoms with Gasteiger partial charge in [-0.1, -0.05) is 54.6 Å². The topological polar surface area (TPSA) is 100 Å². The number of carbonyl (C=O) groups is 2. The van der Waals surface area contributed by atoms with E-state index in [2.05, 4.69) is 22.8 Å². The fraction of sp³-hybridized carbons (Fsp3) is 0.310. The summed E-state index contributed by atoms with van der Waals surface area (Å²) in [5.41, 5.74) is 4.86. The minimum atomic E-state index is -0.759. The standard InChI is InChI=1S/C29H31N3O5/c1-2-36-27-14-23-22(17-32(29(23)35)37-18-19-8-4-3-5-9-19)12-24(27)28(34)31-16-26(33)25-13-20-10-6-7-11-21(20)15-30-25/h3-12,14,25-26,30,33H,2,13,15-18H2,1H3,(H,31,34)/t25-,26?/m0/s1. The molecule has 2 amide bonds. The number of amides is 2. The van der Waals surface area contributed by atoms with Gasteiger partial charge >= 0.3 is 0 Å². The van der Waals surface area contributed by atoms with Gasteiger partial charge in [0, 0.05) is 19.1 Å². The van der Waals surface area contributed by atoms with Crippen LogP contribution in [-0.2, 0) is 31.0 Å². The van der Waals surface area contributed by atoms with Crippen molar-refractivity contribution in [2.24, 2.45) is 0 Å². The van der Waals surface area contributed by atoms with E-state index >= 15 is 0 Å². The van der Waals surface area contributed by atoms with E-state index in [1.165, 1.54) is 16.2 Å². The molecule has 0 aliphatic carbocycles. The van der Waals surface area contributed by atoms with E-state index < -0.39 is 6.10 Å². The first kappa shape index (κ1) is 25.0. The Morgan fingerprint density at radius 1 is 1.11 bits per heavy atom. The van der Waals surface area contributed by atoms with E-state index in [9.17, 15) is 14.7 Å². The van der Waals surface area contributed by atoms with Crippen molar-refractivity contribution in [3.05, 3.63) is 100 Å². The van der Waals surface area contributed by atoms with Crippen molar-refractivity contribution in [3.8, 4) is 5.75 Å². The molecule has 0 radical (unpaired) electrons. The third kappa shape index (κ3) is 5.51. The van der Waals surface area contributed by atoms with E-state index in [0.717, 1.165) is 5.56 Å². The van der Waals surface area contributed by atoms with Crippen LogP contribution >= 0.6 is 0 Å². The number of fused-ring (bicyclic) bond motifs is 2. The van der Waals surface area contributed by atoms with Crippen LogP contribution in [0.25, 0.3) is 0 Å². The zero-order valence-electron chi connectivity index (χ0n) is 20.8. The first-order valence-electron chi connectivity index (χ1n) is 12.6. The molecular weight excluding hydrogens is 470 g/mol. The molecule has 1 unspecified atom stereocenters. The van der Waals surface area contributed by atoms with Crippen LogP contribution in [-0.4, -0.2) is 47.3 Å². The van der Waals surface area contributed by atoms with Crippen molar-refractivity contribution in [2.45, 2.75) is 45.2 Å². The Labute approximate surface area is 216 Å².